The van der Waals surface area contributed by atoms with E-state index in [0.717, 1.165) is 19.3 Å². The summed E-state index contributed by atoms with van der Waals surface area (Å²) < 4.78 is 14.1. The van der Waals surface area contributed by atoms with Gasteiger partial charge in [0, 0.05) is 32.7 Å². The van der Waals surface area contributed by atoms with Crippen molar-refractivity contribution in [2.45, 2.75) is 32.1 Å². The van der Waals surface area contributed by atoms with Crippen LogP contribution in [0.15, 0.2) is 42.2 Å². The van der Waals surface area contributed by atoms with Crippen LogP contribution in [0.4, 0.5) is 27.4 Å². The quantitative estimate of drug-likeness (QED) is 0.404. The van der Waals surface area contributed by atoms with Gasteiger partial charge in [0.15, 0.2) is 0 Å². The zero-order valence-electron chi connectivity index (χ0n) is 17.5. The zero-order chi connectivity index (χ0) is 21.6. The van der Waals surface area contributed by atoms with E-state index in [2.05, 4.69) is 21.4 Å². The summed E-state index contributed by atoms with van der Waals surface area (Å²) in [7, 11) is 0. The summed E-state index contributed by atoms with van der Waals surface area (Å²) >= 11 is 0. The van der Waals surface area contributed by atoms with Gasteiger partial charge in [-0.3, -0.25) is 10.1 Å². The van der Waals surface area contributed by atoms with E-state index in [4.69, 9.17) is 0 Å². The molecule has 2 aromatic rings. The molecule has 0 bridgehead atoms. The minimum Gasteiger partial charge on any atom is -0.366 e. The third-order valence-corrected chi connectivity index (χ3v) is 5.88. The van der Waals surface area contributed by atoms with Crippen molar-refractivity contribution >= 4 is 23.0 Å². The van der Waals surface area contributed by atoms with Crippen molar-refractivity contribution in [3.05, 3.63) is 58.2 Å². The number of hydrogen-bond donors (Lipinski definition) is 1. The number of piperazine rings is 1. The third-order valence-electron chi connectivity index (χ3n) is 5.88. The zero-order valence-corrected chi connectivity index (χ0v) is 17.5. The molecule has 4 rings (SSSR count). The van der Waals surface area contributed by atoms with Crippen LogP contribution >= 0.6 is 0 Å². The first-order valence-electron chi connectivity index (χ1n) is 10.8. The number of rotatable bonds is 7. The topological polar surface area (TPSA) is 87.4 Å². The first-order valence-corrected chi connectivity index (χ1v) is 10.8. The van der Waals surface area contributed by atoms with E-state index in [1.165, 1.54) is 30.8 Å². The van der Waals surface area contributed by atoms with Gasteiger partial charge in [0.2, 0.25) is 11.6 Å². The first-order chi connectivity index (χ1) is 15.1. The molecule has 8 nitrogen and oxygen atoms in total. The van der Waals surface area contributed by atoms with Crippen LogP contribution in [0, 0.1) is 15.9 Å². The molecular weight excluding hydrogens is 399 g/mol. The lowest BCUT2D eigenvalue weighted by Gasteiger charge is -2.36. The molecule has 31 heavy (non-hydrogen) atoms. The molecule has 164 valence electrons. The second kappa shape index (κ2) is 9.72. The number of hydrogen-bond acceptors (Lipinski definition) is 7. The van der Waals surface area contributed by atoms with E-state index in [0.29, 0.717) is 44.2 Å². The molecule has 1 aliphatic heterocycles. The van der Waals surface area contributed by atoms with Crippen molar-refractivity contribution in [1.29, 1.82) is 0 Å². The molecule has 9 heteroatoms. The fourth-order valence-electron chi connectivity index (χ4n) is 4.24. The molecule has 0 atom stereocenters. The Balaban J connectivity index is 1.44. The van der Waals surface area contributed by atoms with Gasteiger partial charge in [-0.25, -0.2) is 14.4 Å². The number of nitrogens with zero attached hydrogens (tertiary/aromatic N) is 5. The summed E-state index contributed by atoms with van der Waals surface area (Å²) in [6.45, 7) is 2.74. The van der Waals surface area contributed by atoms with Gasteiger partial charge in [0.05, 0.1) is 10.6 Å². The Hall–Kier alpha value is -3.23. The van der Waals surface area contributed by atoms with Gasteiger partial charge >= 0.3 is 5.69 Å². The van der Waals surface area contributed by atoms with Gasteiger partial charge in [0.25, 0.3) is 0 Å². The van der Waals surface area contributed by atoms with Crippen LogP contribution < -0.4 is 15.1 Å². The highest BCUT2D eigenvalue weighted by Crippen LogP contribution is 2.33. The van der Waals surface area contributed by atoms with Crippen LogP contribution in [0.25, 0.3) is 0 Å². The summed E-state index contributed by atoms with van der Waals surface area (Å²) in [5.74, 6) is 0.305. The maximum absolute atomic E-state index is 14.1. The highest BCUT2D eigenvalue weighted by molar-refractivity contribution is 5.70. The van der Waals surface area contributed by atoms with E-state index >= 15 is 0 Å². The van der Waals surface area contributed by atoms with Gasteiger partial charge in [-0.2, -0.15) is 0 Å². The van der Waals surface area contributed by atoms with Crippen LogP contribution in [-0.4, -0.2) is 47.6 Å². The maximum atomic E-state index is 14.1. The summed E-state index contributed by atoms with van der Waals surface area (Å²) in [6.07, 6.45) is 9.17. The first kappa shape index (κ1) is 21.0. The molecule has 0 radical (unpaired) electrons. The summed E-state index contributed by atoms with van der Waals surface area (Å²) in [4.78, 5) is 23.7. The summed E-state index contributed by atoms with van der Waals surface area (Å²) in [6, 6.07) is 6.67. The molecule has 0 spiro atoms. The molecule has 2 heterocycles. The van der Waals surface area contributed by atoms with E-state index < -0.39 is 4.92 Å². The number of benzene rings is 1. The minimum absolute atomic E-state index is 0.0977. The van der Waals surface area contributed by atoms with E-state index in [1.54, 1.807) is 18.2 Å². The molecule has 1 aromatic heterocycles. The van der Waals surface area contributed by atoms with E-state index in [9.17, 15) is 14.5 Å². The lowest BCUT2D eigenvalue weighted by atomic mass is 9.97. The number of nitro groups is 1. The monoisotopic (exact) mass is 426 g/mol. The Morgan fingerprint density at radius 2 is 1.87 bits per heavy atom. The predicted octanol–water partition coefficient (Wildman–Crippen LogP) is 4.15. The molecule has 1 fully saturated rings. The molecule has 1 saturated heterocycles. The number of allylic oxidation sites excluding steroid dienone is 1. The molecule has 1 aromatic carbocycles. The van der Waals surface area contributed by atoms with Crippen LogP contribution in [0.2, 0.25) is 0 Å². The predicted molar refractivity (Wildman–Crippen MR) is 119 cm³/mol. The standard InChI is InChI=1S/C22H27FN6O2/c23-18-8-4-5-9-19(18)27-12-14-28(15-13-27)22-20(29(30)31)21(25-16-26-22)24-11-10-17-6-2-1-3-7-17/h4-6,8-9,16H,1-3,7,10-15H2,(H,24,25,26). The van der Waals surface area contributed by atoms with Crippen molar-refractivity contribution < 1.29 is 9.31 Å². The summed E-state index contributed by atoms with van der Waals surface area (Å²) in [5, 5.41) is 15.0. The Bertz CT molecular complexity index is 959. The molecule has 0 saturated carbocycles. The molecular formula is C22H27FN6O2. The normalized spacial score (nSPS) is 16.7. The second-order valence-corrected chi connectivity index (χ2v) is 7.86. The lowest BCUT2D eigenvalue weighted by molar-refractivity contribution is -0.383. The van der Waals surface area contributed by atoms with Crippen molar-refractivity contribution in [3.8, 4) is 0 Å². The van der Waals surface area contributed by atoms with Gasteiger partial charge < -0.3 is 15.1 Å². The fourth-order valence-corrected chi connectivity index (χ4v) is 4.24. The van der Waals surface area contributed by atoms with Crippen LogP contribution in [0.3, 0.4) is 0 Å². The largest absolute Gasteiger partial charge is 0.366 e. The molecule has 2 aliphatic rings. The van der Waals surface area contributed by atoms with Crippen molar-refractivity contribution in [1.82, 2.24) is 9.97 Å². The van der Waals surface area contributed by atoms with Gasteiger partial charge in [0.1, 0.15) is 12.1 Å². The average molecular weight is 426 g/mol. The van der Waals surface area contributed by atoms with Crippen molar-refractivity contribution in [2.24, 2.45) is 0 Å². The lowest BCUT2D eigenvalue weighted by Crippen LogP contribution is -2.47. The van der Waals surface area contributed by atoms with E-state index in [-0.39, 0.29) is 17.3 Å². The highest BCUT2D eigenvalue weighted by atomic mass is 19.1. The third kappa shape index (κ3) is 4.92. The number of aromatic nitrogens is 2. The molecule has 0 amide bonds. The number of nitrogens with one attached hydrogen (secondary N) is 1. The van der Waals surface area contributed by atoms with Gasteiger partial charge in [-0.05, 0) is 44.2 Å². The molecule has 0 unspecified atom stereocenters. The maximum Gasteiger partial charge on any atom is 0.353 e. The molecule has 1 aliphatic carbocycles. The molecule has 1 N–H and O–H groups in total. The van der Waals surface area contributed by atoms with Crippen LogP contribution in [-0.2, 0) is 0 Å². The van der Waals surface area contributed by atoms with E-state index in [1.807, 2.05) is 9.80 Å². The Kier molecular flexibility index (Phi) is 6.59. The van der Waals surface area contributed by atoms with Crippen LogP contribution in [0.5, 0.6) is 0 Å². The number of halogens is 1. The van der Waals surface area contributed by atoms with Crippen LogP contribution in [0.1, 0.15) is 32.1 Å². The second-order valence-electron chi connectivity index (χ2n) is 7.86. The number of anilines is 3. The Labute approximate surface area is 180 Å². The highest BCUT2D eigenvalue weighted by Gasteiger charge is 2.29. The van der Waals surface area contributed by atoms with Crippen molar-refractivity contribution in [2.75, 3.05) is 47.8 Å². The fraction of sp³-hybridized carbons (Fsp3) is 0.455. The Morgan fingerprint density at radius 3 is 2.58 bits per heavy atom. The smallest absolute Gasteiger partial charge is 0.353 e. The van der Waals surface area contributed by atoms with Gasteiger partial charge in [-0.1, -0.05) is 23.8 Å². The van der Waals surface area contributed by atoms with Crippen molar-refractivity contribution in [3.63, 3.8) is 0 Å². The minimum atomic E-state index is -0.416. The SMILES string of the molecule is O=[N+]([O-])c1c(NCCC2=CCCCC2)ncnc1N1CCN(c2ccccc2F)CC1. The Morgan fingerprint density at radius 1 is 1.10 bits per heavy atom. The van der Waals surface area contributed by atoms with Gasteiger partial charge in [-0.15, -0.1) is 0 Å². The number of para-hydroxylation sites is 1. The average Bonchev–Trinajstić information content (AvgIpc) is 2.80. The summed E-state index contributed by atoms with van der Waals surface area (Å²) in [5.41, 5.74) is 1.86.